The zero-order valence-corrected chi connectivity index (χ0v) is 11.6. The second-order valence-electron chi connectivity index (χ2n) is 5.38. The van der Waals surface area contributed by atoms with E-state index in [1.807, 2.05) is 0 Å². The predicted molar refractivity (Wildman–Crippen MR) is 75.6 cm³/mol. The van der Waals surface area contributed by atoms with Crippen LogP contribution < -0.4 is 5.73 Å². The van der Waals surface area contributed by atoms with Crippen LogP contribution >= 0.6 is 0 Å². The Balaban J connectivity index is 2.30. The highest BCUT2D eigenvalue weighted by atomic mass is 16.5. The quantitative estimate of drug-likeness (QED) is 0.867. The van der Waals surface area contributed by atoms with E-state index in [9.17, 15) is 0 Å². The van der Waals surface area contributed by atoms with Crippen molar-refractivity contribution in [2.75, 3.05) is 13.2 Å². The molecule has 2 atom stereocenters. The van der Waals surface area contributed by atoms with Crippen LogP contribution in [0.1, 0.15) is 38.7 Å². The predicted octanol–water partition coefficient (Wildman–Crippen LogP) is 3.11. The molecule has 0 radical (unpaired) electrons. The molecule has 1 aromatic rings. The summed E-state index contributed by atoms with van der Waals surface area (Å²) < 4.78 is 5.52. The van der Waals surface area contributed by atoms with Crippen LogP contribution in [0.3, 0.4) is 0 Å². The molecule has 0 bridgehead atoms. The molecule has 0 aliphatic carbocycles. The van der Waals surface area contributed by atoms with E-state index in [4.69, 9.17) is 10.5 Å². The minimum Gasteiger partial charge on any atom is -0.381 e. The summed E-state index contributed by atoms with van der Waals surface area (Å²) in [4.78, 5) is 0. The number of ether oxygens (including phenoxy) is 1. The molecule has 100 valence electrons. The van der Waals surface area contributed by atoms with Gasteiger partial charge in [-0.25, -0.2) is 0 Å². The molecule has 1 heterocycles. The smallest absolute Gasteiger partial charge is 0.0510 e. The molecule has 0 amide bonds. The number of hydrogen-bond acceptors (Lipinski definition) is 2. The fourth-order valence-electron chi connectivity index (χ4n) is 3.38. The first-order valence-corrected chi connectivity index (χ1v) is 7.13. The maximum atomic E-state index is 6.63. The van der Waals surface area contributed by atoms with Gasteiger partial charge in [0.1, 0.15) is 0 Å². The average Bonchev–Trinajstić information content (AvgIpc) is 2.96. The van der Waals surface area contributed by atoms with Crippen molar-refractivity contribution in [3.63, 3.8) is 0 Å². The van der Waals surface area contributed by atoms with E-state index in [1.54, 1.807) is 0 Å². The van der Waals surface area contributed by atoms with Crippen molar-refractivity contribution in [2.45, 2.75) is 44.6 Å². The van der Waals surface area contributed by atoms with Crippen LogP contribution in [0.2, 0.25) is 0 Å². The molecular formula is C16H25NO. The molecule has 2 N–H and O–H groups in total. The zero-order valence-electron chi connectivity index (χ0n) is 11.6. The number of nitrogens with two attached hydrogens (primary N) is 1. The fraction of sp³-hybridized carbons (Fsp3) is 0.625. The molecule has 1 saturated heterocycles. The molecule has 2 unspecified atom stereocenters. The molecule has 1 fully saturated rings. The summed E-state index contributed by atoms with van der Waals surface area (Å²) in [5, 5.41) is 0. The van der Waals surface area contributed by atoms with Gasteiger partial charge in [-0.05, 0) is 24.8 Å². The van der Waals surface area contributed by atoms with Gasteiger partial charge in [0.05, 0.1) is 6.61 Å². The Bertz CT molecular complexity index is 353. The summed E-state index contributed by atoms with van der Waals surface area (Å²) in [5.74, 6) is 0.505. The van der Waals surface area contributed by atoms with Gasteiger partial charge in [0.15, 0.2) is 0 Å². The third kappa shape index (κ3) is 2.32. The van der Waals surface area contributed by atoms with Crippen LogP contribution in [0, 0.1) is 5.92 Å². The first-order chi connectivity index (χ1) is 8.74. The lowest BCUT2D eigenvalue weighted by atomic mass is 9.66. The van der Waals surface area contributed by atoms with E-state index >= 15 is 0 Å². The molecule has 18 heavy (non-hydrogen) atoms. The molecule has 1 aliphatic rings. The second kappa shape index (κ2) is 5.85. The van der Waals surface area contributed by atoms with Crippen LogP contribution in [0.25, 0.3) is 0 Å². The minimum atomic E-state index is 0.0969. The Morgan fingerprint density at radius 1 is 1.28 bits per heavy atom. The lowest BCUT2D eigenvalue weighted by molar-refractivity contribution is 0.163. The highest BCUT2D eigenvalue weighted by Crippen LogP contribution is 2.38. The summed E-state index contributed by atoms with van der Waals surface area (Å²) in [5.41, 5.74) is 8.11. The maximum absolute atomic E-state index is 6.63. The van der Waals surface area contributed by atoms with Gasteiger partial charge in [0.2, 0.25) is 0 Å². The van der Waals surface area contributed by atoms with Crippen molar-refractivity contribution in [1.82, 2.24) is 0 Å². The van der Waals surface area contributed by atoms with Gasteiger partial charge in [0.25, 0.3) is 0 Å². The molecule has 2 heteroatoms. The minimum absolute atomic E-state index is 0.0969. The van der Waals surface area contributed by atoms with Crippen LogP contribution in [-0.4, -0.2) is 19.3 Å². The molecule has 1 aliphatic heterocycles. The van der Waals surface area contributed by atoms with Crippen molar-refractivity contribution in [1.29, 1.82) is 0 Å². The molecule has 0 spiro atoms. The first-order valence-electron chi connectivity index (χ1n) is 7.13. The Labute approximate surface area is 111 Å². The number of rotatable bonds is 5. The van der Waals surface area contributed by atoms with E-state index < -0.39 is 0 Å². The Morgan fingerprint density at radius 3 is 2.44 bits per heavy atom. The Morgan fingerprint density at radius 2 is 1.94 bits per heavy atom. The molecule has 0 saturated carbocycles. The van der Waals surface area contributed by atoms with Gasteiger partial charge in [-0.15, -0.1) is 0 Å². The van der Waals surface area contributed by atoms with E-state index in [0.29, 0.717) is 5.92 Å². The molecular weight excluding hydrogens is 222 g/mol. The summed E-state index contributed by atoms with van der Waals surface area (Å²) in [6, 6.07) is 11.0. The van der Waals surface area contributed by atoms with Crippen molar-refractivity contribution in [2.24, 2.45) is 11.7 Å². The van der Waals surface area contributed by atoms with E-state index in [2.05, 4.69) is 44.2 Å². The monoisotopic (exact) mass is 247 g/mol. The van der Waals surface area contributed by atoms with Gasteiger partial charge >= 0.3 is 0 Å². The third-order valence-corrected chi connectivity index (χ3v) is 4.72. The van der Waals surface area contributed by atoms with Crippen molar-refractivity contribution in [3.05, 3.63) is 35.9 Å². The molecule has 2 rings (SSSR count). The Hall–Kier alpha value is -0.860. The van der Waals surface area contributed by atoms with E-state index in [-0.39, 0.29) is 11.5 Å². The summed E-state index contributed by atoms with van der Waals surface area (Å²) in [7, 11) is 0. The van der Waals surface area contributed by atoms with Crippen LogP contribution in [0.4, 0.5) is 0 Å². The highest BCUT2D eigenvalue weighted by molar-refractivity contribution is 5.28. The van der Waals surface area contributed by atoms with Gasteiger partial charge < -0.3 is 10.5 Å². The molecule has 1 aromatic carbocycles. The fourth-order valence-corrected chi connectivity index (χ4v) is 3.38. The first kappa shape index (κ1) is 13.6. The zero-order chi connectivity index (χ0) is 13.0. The molecule has 2 nitrogen and oxygen atoms in total. The summed E-state index contributed by atoms with van der Waals surface area (Å²) in [6.45, 7) is 6.21. The van der Waals surface area contributed by atoms with Crippen LogP contribution in [0.15, 0.2) is 30.3 Å². The third-order valence-electron chi connectivity index (χ3n) is 4.72. The van der Waals surface area contributed by atoms with E-state index in [0.717, 1.165) is 32.5 Å². The SMILES string of the molecule is CCC(CC)(c1ccccc1)C(N)C1CCOC1. The van der Waals surface area contributed by atoms with Gasteiger partial charge in [-0.3, -0.25) is 0 Å². The second-order valence-corrected chi connectivity index (χ2v) is 5.38. The maximum Gasteiger partial charge on any atom is 0.0510 e. The Kier molecular flexibility index (Phi) is 4.41. The standard InChI is InChI=1S/C16H25NO/c1-3-16(4-2,14-8-6-5-7-9-14)15(17)13-10-11-18-12-13/h5-9,13,15H,3-4,10-12,17H2,1-2H3. The highest BCUT2D eigenvalue weighted by Gasteiger charge is 2.40. The van der Waals surface area contributed by atoms with Gasteiger partial charge in [-0.2, -0.15) is 0 Å². The van der Waals surface area contributed by atoms with Crippen LogP contribution in [-0.2, 0) is 10.2 Å². The summed E-state index contributed by atoms with van der Waals surface area (Å²) in [6.07, 6.45) is 3.28. The normalized spacial score (nSPS) is 22.1. The average molecular weight is 247 g/mol. The number of hydrogen-bond donors (Lipinski definition) is 1. The van der Waals surface area contributed by atoms with E-state index in [1.165, 1.54) is 5.56 Å². The number of benzene rings is 1. The van der Waals surface area contributed by atoms with Crippen molar-refractivity contribution >= 4 is 0 Å². The lowest BCUT2D eigenvalue weighted by Crippen LogP contribution is -2.49. The molecule has 0 aromatic heterocycles. The van der Waals surface area contributed by atoms with Crippen molar-refractivity contribution in [3.8, 4) is 0 Å². The lowest BCUT2D eigenvalue weighted by Gasteiger charge is -2.41. The summed E-state index contributed by atoms with van der Waals surface area (Å²) >= 11 is 0. The van der Waals surface area contributed by atoms with Gasteiger partial charge in [-0.1, -0.05) is 44.2 Å². The largest absolute Gasteiger partial charge is 0.381 e. The topological polar surface area (TPSA) is 35.2 Å². The van der Waals surface area contributed by atoms with Crippen molar-refractivity contribution < 1.29 is 4.74 Å². The van der Waals surface area contributed by atoms with Crippen LogP contribution in [0.5, 0.6) is 0 Å². The van der Waals surface area contributed by atoms with Gasteiger partial charge in [0, 0.05) is 24.0 Å².